The number of aromatic nitrogens is 2. The Morgan fingerprint density at radius 2 is 1.11 bits per heavy atom. The summed E-state index contributed by atoms with van der Waals surface area (Å²) in [5.74, 6) is 8.58. The molecule has 75 heavy (non-hydrogen) atoms. The molecule has 2 aromatic carbocycles. The van der Waals surface area contributed by atoms with Crippen LogP contribution < -0.4 is 18.9 Å². The fourth-order valence-corrected chi connectivity index (χ4v) is 18.2. The van der Waals surface area contributed by atoms with Crippen molar-refractivity contribution >= 4 is 33.5 Å². The minimum atomic E-state index is -0.444. The fourth-order valence-electron chi connectivity index (χ4n) is 18.2. The molecule has 0 radical (unpaired) electrons. The van der Waals surface area contributed by atoms with Gasteiger partial charge in [0.1, 0.15) is 0 Å². The summed E-state index contributed by atoms with van der Waals surface area (Å²) in [5, 5.41) is 25.1. The van der Waals surface area contributed by atoms with Crippen LogP contribution in [0, 0.1) is 88.8 Å². The van der Waals surface area contributed by atoms with Crippen molar-refractivity contribution in [1.29, 1.82) is 0 Å². The summed E-state index contributed by atoms with van der Waals surface area (Å²) in [7, 11) is 7.45. The molecule has 2 heterocycles. The zero-order chi connectivity index (χ0) is 51.3. The summed E-state index contributed by atoms with van der Waals surface area (Å²) in [6.45, 7) is 14.7. The maximum atomic E-state index is 13.9. The predicted molar refractivity (Wildman–Crippen MR) is 306 cm³/mol. The van der Waals surface area contributed by atoms with E-state index in [0.29, 0.717) is 17.6 Å². The number of carbonyl (C=O) groups excluding carboxylic acids is 2. The SMILES string of the molecule is C.C.CON(C)C(=O)[C@H]1CC[C@H]2[C@@H]3CC[C@@H]4C[C@](C)(O)CC[C@@H]4[C@H]3CC[C@]12C.Cn1c(C(=O)[C@H]2CC[C@H]3[C@@H]4CC[C@@H]5C[C@](C)(O)CC[C@@H]5[C@H]4CC[C@]23C)cc2ccccc21.Cn1ccc2ccccc21.[CH2-]CCC.[Li+]. The van der Waals surface area contributed by atoms with Crippen molar-refractivity contribution in [3.05, 3.63) is 79.5 Å². The first kappa shape index (κ1) is 61.4. The van der Waals surface area contributed by atoms with Crippen LogP contribution in [0.5, 0.6) is 0 Å². The molecule has 0 spiro atoms. The van der Waals surface area contributed by atoms with Crippen molar-refractivity contribution in [2.45, 2.75) is 189 Å². The van der Waals surface area contributed by atoms with Crippen molar-refractivity contribution in [1.82, 2.24) is 14.2 Å². The number of hydroxylamine groups is 2. The molecule has 12 rings (SSSR count). The first-order valence-corrected chi connectivity index (χ1v) is 29.0. The molecular formula is C66H102LiN3O5. The number of para-hydroxylation sites is 2. The van der Waals surface area contributed by atoms with Gasteiger partial charge in [-0.15, -0.1) is 0 Å². The van der Waals surface area contributed by atoms with E-state index in [4.69, 9.17) is 4.84 Å². The van der Waals surface area contributed by atoms with Crippen LogP contribution in [0.25, 0.3) is 21.8 Å². The van der Waals surface area contributed by atoms with E-state index in [9.17, 15) is 19.8 Å². The number of amides is 1. The van der Waals surface area contributed by atoms with Crippen molar-refractivity contribution in [2.75, 3.05) is 14.2 Å². The number of fused-ring (bicyclic) bond motifs is 12. The topological polar surface area (TPSA) is 96.9 Å². The maximum Gasteiger partial charge on any atom is 1.00 e. The first-order chi connectivity index (χ1) is 34.3. The molecule has 2 aromatic heterocycles. The second-order valence-corrected chi connectivity index (χ2v) is 26.1. The molecule has 9 heteroatoms. The van der Waals surface area contributed by atoms with Gasteiger partial charge in [-0.2, -0.15) is 6.42 Å². The van der Waals surface area contributed by atoms with Gasteiger partial charge in [-0.1, -0.05) is 78.4 Å². The Bertz CT molecular complexity index is 2510. The van der Waals surface area contributed by atoms with Gasteiger partial charge in [0.15, 0.2) is 5.78 Å². The van der Waals surface area contributed by atoms with E-state index in [1.807, 2.05) is 13.8 Å². The molecule has 412 valence electrons. The number of ketones is 1. The molecule has 0 unspecified atom stereocenters. The maximum absolute atomic E-state index is 13.9. The van der Waals surface area contributed by atoms with Crippen LogP contribution in [-0.2, 0) is 23.7 Å². The van der Waals surface area contributed by atoms with E-state index in [2.05, 4.69) is 118 Å². The molecule has 0 aliphatic heterocycles. The van der Waals surface area contributed by atoms with Crippen LogP contribution in [-0.4, -0.2) is 61.5 Å². The van der Waals surface area contributed by atoms with Crippen molar-refractivity contribution in [2.24, 2.45) is 95.9 Å². The van der Waals surface area contributed by atoms with E-state index in [1.54, 1.807) is 14.2 Å². The van der Waals surface area contributed by atoms with E-state index in [-0.39, 0.29) is 62.3 Å². The zero-order valence-electron chi connectivity index (χ0n) is 47.1. The molecule has 4 aromatic rings. The molecule has 2 N–H and O–H groups in total. The van der Waals surface area contributed by atoms with E-state index >= 15 is 0 Å². The number of benzene rings is 2. The van der Waals surface area contributed by atoms with Gasteiger partial charge < -0.3 is 26.3 Å². The zero-order valence-corrected chi connectivity index (χ0v) is 47.1. The number of Topliss-reactive ketones (excluding diaryl/α,β-unsaturated/α-hetero) is 1. The Labute approximate surface area is 467 Å². The van der Waals surface area contributed by atoms with Crippen molar-refractivity contribution < 1.29 is 43.5 Å². The van der Waals surface area contributed by atoms with E-state index < -0.39 is 11.2 Å². The average Bonchev–Trinajstić information content (AvgIpc) is 4.13. The standard InChI is InChI=1S/C29H39NO2.C22H37NO3.C9H9N.C4H9.2CH4.Li/c1-28(32)14-12-20-19(17-28)8-9-22-21(20)13-15-29(2)23(22)10-11-24(29)27(31)26-16-18-6-4-5-7-25(18)30(26)3;1-21(25)11-9-15-14(13-21)5-6-17-16(15)10-12-22(2)18(17)7-8-19(22)20(24)23(3)26-4;1-10-7-6-8-4-2-3-5-9(8)10;1-3-4-2;;;/h4-7,16,19-24,32H,8-15,17H2,1-3H3;14-19,25H,5-13H2,1-4H3;2-7H,1H3;1,3-4H2,2H3;2*1H4;/q;;;-1;;;+1/t19-,20+,21-,22-,23+,24-,28-,29+;14-,15+,16-,17-,18+,19-,21-,22+;;;;;/m11...../s1. The third-order valence-corrected chi connectivity index (χ3v) is 22.0. The number of aliphatic hydroxyl groups is 2. The fraction of sp³-hybridized carbons (Fsp3) is 0.712. The second kappa shape index (κ2) is 24.7. The van der Waals surface area contributed by atoms with Gasteiger partial charge in [-0.25, -0.2) is 5.06 Å². The molecule has 8 aliphatic carbocycles. The van der Waals surface area contributed by atoms with Crippen molar-refractivity contribution in [3.63, 3.8) is 0 Å². The number of rotatable bonds is 5. The van der Waals surface area contributed by atoms with Crippen molar-refractivity contribution in [3.8, 4) is 0 Å². The van der Waals surface area contributed by atoms with E-state index in [0.717, 1.165) is 103 Å². The van der Waals surface area contributed by atoms with Crippen LogP contribution in [0.2, 0.25) is 0 Å². The smallest absolute Gasteiger partial charge is 0.390 e. The largest absolute Gasteiger partial charge is 1.00 e. The third-order valence-electron chi connectivity index (χ3n) is 22.0. The Balaban J connectivity index is 0.000000190. The molecule has 8 saturated carbocycles. The van der Waals surface area contributed by atoms with Gasteiger partial charge >= 0.3 is 18.9 Å². The molecular weight excluding hydrogens is 922 g/mol. The Kier molecular flexibility index (Phi) is 20.2. The number of unbranched alkanes of at least 4 members (excludes halogenated alkanes) is 1. The summed E-state index contributed by atoms with van der Waals surface area (Å²) < 4.78 is 4.24. The molecule has 8 nitrogen and oxygen atoms in total. The Morgan fingerprint density at radius 3 is 1.60 bits per heavy atom. The third kappa shape index (κ3) is 11.9. The van der Waals surface area contributed by atoms with Crippen LogP contribution in [0.15, 0.2) is 66.9 Å². The van der Waals surface area contributed by atoms with Gasteiger partial charge in [0.05, 0.1) is 24.0 Å². The number of carbonyl (C=O) groups is 2. The van der Waals surface area contributed by atoms with Gasteiger partial charge in [-0.3, -0.25) is 14.4 Å². The summed E-state index contributed by atoms with van der Waals surface area (Å²) in [5.41, 5.74) is 2.78. The van der Waals surface area contributed by atoms with Crippen LogP contribution in [0.4, 0.5) is 0 Å². The number of nitrogens with zero attached hydrogens (tertiary/aromatic N) is 3. The average molecular weight is 1020 g/mol. The van der Waals surface area contributed by atoms with Crippen LogP contribution in [0.3, 0.4) is 0 Å². The number of hydrogen-bond donors (Lipinski definition) is 2. The molecule has 16 atom stereocenters. The second-order valence-electron chi connectivity index (χ2n) is 26.1. The minimum Gasteiger partial charge on any atom is -0.390 e. The molecule has 0 bridgehead atoms. The normalized spacial score (nSPS) is 37.9. The van der Waals surface area contributed by atoms with Crippen LogP contribution >= 0.6 is 0 Å². The quantitative estimate of drug-likeness (QED) is 0.0898. The van der Waals surface area contributed by atoms with Gasteiger partial charge in [0.2, 0.25) is 5.91 Å². The molecule has 1 amide bonds. The summed E-state index contributed by atoms with van der Waals surface area (Å²) in [4.78, 5) is 32.0. The van der Waals surface area contributed by atoms with E-state index in [1.165, 1.54) is 105 Å². The van der Waals surface area contributed by atoms with Crippen LogP contribution in [0.1, 0.15) is 188 Å². The summed E-state index contributed by atoms with van der Waals surface area (Å²) >= 11 is 0. The van der Waals surface area contributed by atoms with Gasteiger partial charge in [0, 0.05) is 55.6 Å². The van der Waals surface area contributed by atoms with Gasteiger partial charge in [-0.05, 0) is 229 Å². The number of hydrogen-bond acceptors (Lipinski definition) is 5. The Hall–Kier alpha value is -2.86. The van der Waals surface area contributed by atoms with Gasteiger partial charge in [0.25, 0.3) is 0 Å². The summed E-state index contributed by atoms with van der Waals surface area (Å²) in [6, 6.07) is 21.0. The molecule has 8 aliphatic rings. The summed E-state index contributed by atoms with van der Waals surface area (Å²) in [6.07, 6.45) is 25.4. The minimum absolute atomic E-state index is 0. The predicted octanol–water partition coefficient (Wildman–Crippen LogP) is 12.5. The monoisotopic (exact) mass is 1020 g/mol. The molecule has 8 fully saturated rings. The Morgan fingerprint density at radius 1 is 0.640 bits per heavy atom. The molecule has 0 saturated heterocycles. The number of aryl methyl sites for hydroxylation is 2. The first-order valence-electron chi connectivity index (χ1n) is 29.0.